The predicted molar refractivity (Wildman–Crippen MR) is 111 cm³/mol. The van der Waals surface area contributed by atoms with Gasteiger partial charge in [-0.15, -0.1) is 11.3 Å². The monoisotopic (exact) mass is 441 g/mol. The highest BCUT2D eigenvalue weighted by Gasteiger charge is 2.21. The third kappa shape index (κ3) is 8.56. The van der Waals surface area contributed by atoms with E-state index in [9.17, 15) is 18.0 Å². The van der Waals surface area contributed by atoms with E-state index in [1.54, 1.807) is 0 Å². The fourth-order valence-corrected chi connectivity index (χ4v) is 3.70. The van der Waals surface area contributed by atoms with Crippen LogP contribution in [-0.2, 0) is 15.0 Å². The maximum atomic E-state index is 12.5. The second-order valence-electron chi connectivity index (χ2n) is 6.18. The molecule has 1 atom stereocenters. The molecule has 0 saturated heterocycles. The first-order chi connectivity index (χ1) is 13.7. The van der Waals surface area contributed by atoms with Crippen molar-refractivity contribution in [1.29, 1.82) is 0 Å². The van der Waals surface area contributed by atoms with Gasteiger partial charge in [0, 0.05) is 17.5 Å². The van der Waals surface area contributed by atoms with Gasteiger partial charge in [0.25, 0.3) is 10.2 Å². The van der Waals surface area contributed by atoms with Gasteiger partial charge in [-0.25, -0.2) is 19.6 Å². The SMILES string of the molecule is NS(=O)(=O)NCCCCCC(NC(=O)O)C(=O)Nc1nc(-c2ccccc2)cs1. The second-order valence-corrected chi connectivity index (χ2v) is 8.42. The van der Waals surface area contributed by atoms with Gasteiger partial charge in [0.2, 0.25) is 5.91 Å². The largest absolute Gasteiger partial charge is 0.465 e. The fraction of sp³-hybridized carbons (Fsp3) is 0.353. The average molecular weight is 442 g/mol. The summed E-state index contributed by atoms with van der Waals surface area (Å²) in [4.78, 5) is 27.8. The molecule has 0 saturated carbocycles. The van der Waals surface area contributed by atoms with E-state index in [1.165, 1.54) is 11.3 Å². The molecule has 0 bridgehead atoms. The number of anilines is 1. The summed E-state index contributed by atoms with van der Waals surface area (Å²) in [6.45, 7) is 0.184. The van der Waals surface area contributed by atoms with E-state index >= 15 is 0 Å². The van der Waals surface area contributed by atoms with Crippen molar-refractivity contribution in [3.63, 3.8) is 0 Å². The summed E-state index contributed by atoms with van der Waals surface area (Å²) in [6, 6.07) is 8.53. The van der Waals surface area contributed by atoms with E-state index in [2.05, 4.69) is 20.3 Å². The number of carboxylic acid groups (broad SMARTS) is 1. The van der Waals surface area contributed by atoms with Crippen LogP contribution in [0.2, 0.25) is 0 Å². The quantitative estimate of drug-likeness (QED) is 0.333. The van der Waals surface area contributed by atoms with Gasteiger partial charge >= 0.3 is 6.09 Å². The van der Waals surface area contributed by atoms with Crippen molar-refractivity contribution in [2.75, 3.05) is 11.9 Å². The van der Waals surface area contributed by atoms with Crippen molar-refractivity contribution in [2.45, 2.75) is 31.7 Å². The first-order valence-corrected chi connectivity index (χ1v) is 11.3. The number of benzene rings is 1. The number of carbonyl (C=O) groups is 2. The number of hydrogen-bond acceptors (Lipinski definition) is 6. The minimum atomic E-state index is -3.72. The highest BCUT2D eigenvalue weighted by molar-refractivity contribution is 7.87. The van der Waals surface area contributed by atoms with Gasteiger partial charge in [-0.3, -0.25) is 4.79 Å². The van der Waals surface area contributed by atoms with Crippen molar-refractivity contribution >= 4 is 38.7 Å². The fourth-order valence-electron chi connectivity index (χ4n) is 2.55. The summed E-state index contributed by atoms with van der Waals surface area (Å²) >= 11 is 1.25. The van der Waals surface area contributed by atoms with E-state index in [0.717, 1.165) is 11.3 Å². The van der Waals surface area contributed by atoms with Crippen LogP contribution in [0.3, 0.4) is 0 Å². The van der Waals surface area contributed by atoms with E-state index in [4.69, 9.17) is 10.2 Å². The van der Waals surface area contributed by atoms with Crippen LogP contribution in [0.1, 0.15) is 25.7 Å². The minimum Gasteiger partial charge on any atom is -0.465 e. The molecular weight excluding hydrogens is 418 g/mol. The number of hydrogen-bond donors (Lipinski definition) is 5. The lowest BCUT2D eigenvalue weighted by molar-refractivity contribution is -0.118. The number of thiazole rings is 1. The molecule has 1 heterocycles. The molecule has 0 aliphatic carbocycles. The molecule has 0 spiro atoms. The Bertz CT molecular complexity index is 917. The lowest BCUT2D eigenvalue weighted by Gasteiger charge is -2.15. The van der Waals surface area contributed by atoms with Crippen LogP contribution in [0.15, 0.2) is 35.7 Å². The third-order valence-corrected chi connectivity index (χ3v) is 5.26. The van der Waals surface area contributed by atoms with Crippen LogP contribution in [0.4, 0.5) is 9.93 Å². The molecule has 0 aliphatic heterocycles. The molecule has 1 unspecified atom stereocenters. The molecule has 2 rings (SSSR count). The predicted octanol–water partition coefficient (Wildman–Crippen LogP) is 1.74. The van der Waals surface area contributed by atoms with Gasteiger partial charge < -0.3 is 15.7 Å². The molecule has 1 aromatic heterocycles. The summed E-state index contributed by atoms with van der Waals surface area (Å²) in [5.41, 5.74) is 1.63. The number of rotatable bonds is 11. The van der Waals surface area contributed by atoms with Gasteiger partial charge in [-0.1, -0.05) is 43.2 Å². The van der Waals surface area contributed by atoms with Crippen LogP contribution < -0.4 is 20.5 Å². The first kappa shape index (κ1) is 22.7. The summed E-state index contributed by atoms with van der Waals surface area (Å²) in [7, 11) is -3.72. The van der Waals surface area contributed by atoms with Crippen molar-refractivity contribution in [2.24, 2.45) is 5.14 Å². The van der Waals surface area contributed by atoms with Gasteiger partial charge in [0.1, 0.15) is 6.04 Å². The maximum absolute atomic E-state index is 12.5. The molecule has 2 amide bonds. The van der Waals surface area contributed by atoms with E-state index < -0.39 is 28.3 Å². The zero-order valence-corrected chi connectivity index (χ0v) is 17.1. The Morgan fingerprint density at radius 3 is 2.55 bits per heavy atom. The molecule has 29 heavy (non-hydrogen) atoms. The molecule has 0 aliphatic rings. The summed E-state index contributed by atoms with van der Waals surface area (Å²) in [5.74, 6) is -0.496. The zero-order chi connectivity index (χ0) is 21.3. The topological polar surface area (TPSA) is 164 Å². The van der Waals surface area contributed by atoms with Crippen LogP contribution >= 0.6 is 11.3 Å². The first-order valence-electron chi connectivity index (χ1n) is 8.83. The molecular formula is C17H23N5O5S2. The van der Waals surface area contributed by atoms with Crippen LogP contribution in [0, 0.1) is 0 Å². The average Bonchev–Trinajstić information content (AvgIpc) is 3.11. The number of aromatic nitrogens is 1. The Hall–Kier alpha value is -2.54. The molecule has 158 valence electrons. The lowest BCUT2D eigenvalue weighted by atomic mass is 10.1. The van der Waals surface area contributed by atoms with E-state index in [1.807, 2.05) is 35.7 Å². The van der Waals surface area contributed by atoms with Gasteiger partial charge in [0.15, 0.2) is 5.13 Å². The summed E-state index contributed by atoms with van der Waals surface area (Å²) in [6.07, 6.45) is 0.612. The van der Waals surface area contributed by atoms with Crippen molar-refractivity contribution in [3.8, 4) is 11.3 Å². The molecule has 10 nitrogen and oxygen atoms in total. The molecule has 2 aromatic rings. The van der Waals surface area contributed by atoms with Crippen molar-refractivity contribution in [3.05, 3.63) is 35.7 Å². The van der Waals surface area contributed by atoms with Gasteiger partial charge in [-0.2, -0.15) is 8.42 Å². The molecule has 0 fully saturated rings. The van der Waals surface area contributed by atoms with Crippen molar-refractivity contribution in [1.82, 2.24) is 15.0 Å². The molecule has 1 aromatic carbocycles. The van der Waals surface area contributed by atoms with Gasteiger partial charge in [0.05, 0.1) is 5.69 Å². The summed E-state index contributed by atoms with van der Waals surface area (Å²) in [5, 5.41) is 20.9. The van der Waals surface area contributed by atoms with E-state index in [0.29, 0.717) is 24.4 Å². The number of nitrogens with one attached hydrogen (secondary N) is 3. The third-order valence-electron chi connectivity index (χ3n) is 3.89. The standard InChI is InChI=1S/C17H23N5O5S2/c18-29(26,27)19-10-6-2-5-9-13(21-17(24)25)15(23)22-16-20-14(11-28-16)12-7-3-1-4-8-12/h1,3-4,7-8,11,13,19,21H,2,5-6,9-10H2,(H,24,25)(H2,18,26,27)(H,20,22,23). The lowest BCUT2D eigenvalue weighted by Crippen LogP contribution is -2.43. The number of carbonyl (C=O) groups excluding carboxylic acids is 1. The number of nitrogens with zero attached hydrogens (tertiary/aromatic N) is 1. The highest BCUT2D eigenvalue weighted by atomic mass is 32.2. The van der Waals surface area contributed by atoms with Crippen LogP contribution in [0.25, 0.3) is 11.3 Å². The smallest absolute Gasteiger partial charge is 0.405 e. The van der Waals surface area contributed by atoms with Crippen molar-refractivity contribution < 1.29 is 23.1 Å². The molecule has 0 radical (unpaired) electrons. The normalized spacial score (nSPS) is 12.3. The Labute approximate surface area is 172 Å². The molecule has 6 N–H and O–H groups in total. The Balaban J connectivity index is 1.86. The Morgan fingerprint density at radius 2 is 1.90 bits per heavy atom. The Morgan fingerprint density at radius 1 is 1.17 bits per heavy atom. The maximum Gasteiger partial charge on any atom is 0.405 e. The van der Waals surface area contributed by atoms with Crippen LogP contribution in [-0.4, -0.2) is 43.1 Å². The van der Waals surface area contributed by atoms with E-state index in [-0.39, 0.29) is 13.0 Å². The Kier molecular flexibility index (Phi) is 8.51. The highest BCUT2D eigenvalue weighted by Crippen LogP contribution is 2.24. The zero-order valence-electron chi connectivity index (χ0n) is 15.5. The minimum absolute atomic E-state index is 0.184. The van der Waals surface area contributed by atoms with Crippen LogP contribution in [0.5, 0.6) is 0 Å². The summed E-state index contributed by atoms with van der Waals surface area (Å²) < 4.78 is 23.7. The number of unbranched alkanes of at least 4 members (excludes halogenated alkanes) is 2. The second kappa shape index (κ2) is 10.9. The number of nitrogens with two attached hydrogens (primary N) is 1. The van der Waals surface area contributed by atoms with Gasteiger partial charge in [-0.05, 0) is 12.8 Å². The number of amides is 2. The molecule has 12 heteroatoms.